The zero-order valence-electron chi connectivity index (χ0n) is 17.0. The van der Waals surface area contributed by atoms with Crippen LogP contribution in [0.2, 0.25) is 0 Å². The number of benzene rings is 2. The van der Waals surface area contributed by atoms with Gasteiger partial charge in [0, 0.05) is 10.9 Å². The van der Waals surface area contributed by atoms with E-state index in [4.69, 9.17) is 4.84 Å². The molecule has 0 aliphatic heterocycles. The van der Waals surface area contributed by atoms with Crippen molar-refractivity contribution in [2.75, 3.05) is 12.2 Å². The van der Waals surface area contributed by atoms with Crippen molar-refractivity contribution in [2.24, 2.45) is 5.92 Å². The SMILES string of the molecule is CON(C(=O)[C@@H](CC(=O)O)Cc1ccccc1)c1nc(-c2ccccc2OC(F)F)cs1. The van der Waals surface area contributed by atoms with Crippen LogP contribution in [0, 0.1) is 5.92 Å². The van der Waals surface area contributed by atoms with E-state index in [2.05, 4.69) is 9.72 Å². The molecule has 1 amide bonds. The van der Waals surface area contributed by atoms with Crippen molar-refractivity contribution < 1.29 is 33.1 Å². The van der Waals surface area contributed by atoms with Gasteiger partial charge >= 0.3 is 12.6 Å². The highest BCUT2D eigenvalue weighted by Crippen LogP contribution is 2.34. The third-order valence-corrected chi connectivity index (χ3v) is 5.33. The zero-order valence-corrected chi connectivity index (χ0v) is 17.8. The van der Waals surface area contributed by atoms with Crippen LogP contribution in [-0.4, -0.2) is 35.7 Å². The number of carbonyl (C=O) groups excluding carboxylic acids is 1. The molecule has 168 valence electrons. The first-order chi connectivity index (χ1) is 15.4. The lowest BCUT2D eigenvalue weighted by molar-refractivity contribution is -0.142. The lowest BCUT2D eigenvalue weighted by Crippen LogP contribution is -2.37. The fourth-order valence-corrected chi connectivity index (χ4v) is 3.95. The summed E-state index contributed by atoms with van der Waals surface area (Å²) in [6.45, 7) is -3.00. The Morgan fingerprint density at radius 1 is 1.12 bits per heavy atom. The van der Waals surface area contributed by atoms with E-state index in [-0.39, 0.29) is 17.3 Å². The van der Waals surface area contributed by atoms with E-state index < -0.39 is 30.8 Å². The molecule has 0 saturated carbocycles. The highest BCUT2D eigenvalue weighted by Gasteiger charge is 2.30. The first kappa shape index (κ1) is 23.3. The number of anilines is 1. The molecule has 0 aliphatic rings. The number of hydroxylamine groups is 1. The number of rotatable bonds is 10. The molecule has 0 aliphatic carbocycles. The predicted octanol–water partition coefficient (Wildman–Crippen LogP) is 4.64. The third-order valence-electron chi connectivity index (χ3n) is 4.52. The second-order valence-electron chi connectivity index (χ2n) is 6.69. The van der Waals surface area contributed by atoms with Crippen LogP contribution >= 0.6 is 11.3 Å². The van der Waals surface area contributed by atoms with Crippen LogP contribution in [0.3, 0.4) is 0 Å². The van der Waals surface area contributed by atoms with E-state index in [1.165, 1.54) is 13.2 Å². The van der Waals surface area contributed by atoms with E-state index in [0.717, 1.165) is 22.0 Å². The van der Waals surface area contributed by atoms with E-state index in [9.17, 15) is 23.5 Å². The minimum absolute atomic E-state index is 0.0533. The second-order valence-corrected chi connectivity index (χ2v) is 7.53. The monoisotopic (exact) mass is 462 g/mol. The average molecular weight is 462 g/mol. The van der Waals surface area contributed by atoms with Gasteiger partial charge < -0.3 is 9.84 Å². The second kappa shape index (κ2) is 10.8. The van der Waals surface area contributed by atoms with Crippen molar-refractivity contribution in [3.63, 3.8) is 0 Å². The fraction of sp³-hybridized carbons (Fsp3) is 0.227. The van der Waals surface area contributed by atoms with E-state index in [1.807, 2.05) is 6.07 Å². The van der Waals surface area contributed by atoms with Crippen molar-refractivity contribution in [1.29, 1.82) is 0 Å². The van der Waals surface area contributed by atoms with Gasteiger partial charge in [-0.3, -0.25) is 14.4 Å². The third kappa shape index (κ3) is 5.86. The van der Waals surface area contributed by atoms with Gasteiger partial charge in [-0.25, -0.2) is 4.98 Å². The number of aromatic nitrogens is 1. The van der Waals surface area contributed by atoms with Crippen LogP contribution < -0.4 is 9.80 Å². The van der Waals surface area contributed by atoms with Gasteiger partial charge in [-0.05, 0) is 24.1 Å². The van der Waals surface area contributed by atoms with Gasteiger partial charge in [0.25, 0.3) is 5.91 Å². The van der Waals surface area contributed by atoms with Crippen molar-refractivity contribution in [3.05, 3.63) is 65.5 Å². The summed E-state index contributed by atoms with van der Waals surface area (Å²) in [7, 11) is 1.27. The average Bonchev–Trinajstić information content (AvgIpc) is 3.24. The standard InChI is InChI=1S/C22H20F2N2O5S/c1-30-26(20(29)15(12-19(27)28)11-14-7-3-2-4-8-14)22-25-17(13-32-22)16-9-5-6-10-18(16)31-21(23)24/h2-10,13,15,21H,11-12H2,1H3,(H,27,28)/t15-/m1/s1. The number of aliphatic carboxylic acids is 1. The molecule has 1 atom stereocenters. The first-order valence-corrected chi connectivity index (χ1v) is 10.4. The number of carboxylic acids is 1. The van der Waals surface area contributed by atoms with Gasteiger partial charge in [0.05, 0.1) is 25.1 Å². The maximum absolute atomic E-state index is 13.2. The Bertz CT molecular complexity index is 1060. The summed E-state index contributed by atoms with van der Waals surface area (Å²) in [6, 6.07) is 15.2. The van der Waals surface area contributed by atoms with E-state index in [0.29, 0.717) is 11.3 Å². The minimum Gasteiger partial charge on any atom is -0.481 e. The molecule has 0 saturated heterocycles. The van der Waals surface area contributed by atoms with Gasteiger partial charge in [-0.15, -0.1) is 11.3 Å². The smallest absolute Gasteiger partial charge is 0.387 e. The number of thiazole rings is 1. The number of hydrogen-bond donors (Lipinski definition) is 1. The Morgan fingerprint density at radius 2 is 1.81 bits per heavy atom. The Morgan fingerprint density at radius 3 is 2.47 bits per heavy atom. The van der Waals surface area contributed by atoms with Gasteiger partial charge in [0.15, 0.2) is 0 Å². The molecule has 1 aromatic heterocycles. The van der Waals surface area contributed by atoms with Gasteiger partial charge in [-0.2, -0.15) is 13.8 Å². The lowest BCUT2D eigenvalue weighted by Gasteiger charge is -2.22. The summed E-state index contributed by atoms with van der Waals surface area (Å²) in [5.74, 6) is -2.64. The van der Waals surface area contributed by atoms with Gasteiger partial charge in [0.1, 0.15) is 5.75 Å². The Labute approximate surface area is 186 Å². The number of amides is 1. The molecular formula is C22H20F2N2O5S. The molecule has 3 rings (SSSR count). The van der Waals surface area contributed by atoms with Crippen LogP contribution in [0.25, 0.3) is 11.3 Å². The maximum Gasteiger partial charge on any atom is 0.387 e. The van der Waals surface area contributed by atoms with Crippen LogP contribution in [0.15, 0.2) is 60.0 Å². The Kier molecular flexibility index (Phi) is 7.85. The number of ether oxygens (including phenoxy) is 1. The summed E-state index contributed by atoms with van der Waals surface area (Å²) < 4.78 is 30.0. The molecule has 2 aromatic carbocycles. The molecule has 7 nitrogen and oxygen atoms in total. The quantitative estimate of drug-likeness (QED) is 0.442. The van der Waals surface area contributed by atoms with E-state index in [1.54, 1.807) is 47.8 Å². The molecule has 0 unspecified atom stereocenters. The van der Waals surface area contributed by atoms with E-state index >= 15 is 0 Å². The number of halogens is 2. The summed E-state index contributed by atoms with van der Waals surface area (Å²) in [4.78, 5) is 34.1. The molecule has 0 radical (unpaired) electrons. The minimum atomic E-state index is -3.00. The molecular weight excluding hydrogens is 442 g/mol. The molecule has 1 heterocycles. The van der Waals surface area contributed by atoms with Crippen LogP contribution in [0.4, 0.5) is 13.9 Å². The Balaban J connectivity index is 1.87. The molecule has 1 N–H and O–H groups in total. The summed E-state index contributed by atoms with van der Waals surface area (Å²) >= 11 is 1.05. The summed E-state index contributed by atoms with van der Waals surface area (Å²) in [5.41, 5.74) is 1.44. The fourth-order valence-electron chi connectivity index (χ4n) is 3.14. The van der Waals surface area contributed by atoms with Crippen molar-refractivity contribution >= 4 is 28.3 Å². The van der Waals surface area contributed by atoms with Gasteiger partial charge in [0.2, 0.25) is 5.13 Å². The summed E-state index contributed by atoms with van der Waals surface area (Å²) in [5, 5.41) is 11.9. The van der Waals surface area contributed by atoms with Crippen molar-refractivity contribution in [3.8, 4) is 17.0 Å². The largest absolute Gasteiger partial charge is 0.481 e. The normalized spacial score (nSPS) is 11.9. The number of carboxylic acid groups (broad SMARTS) is 1. The topological polar surface area (TPSA) is 89.0 Å². The highest BCUT2D eigenvalue weighted by molar-refractivity contribution is 7.14. The molecule has 3 aromatic rings. The molecule has 0 spiro atoms. The van der Waals surface area contributed by atoms with Crippen LogP contribution in [0.1, 0.15) is 12.0 Å². The first-order valence-electron chi connectivity index (χ1n) is 9.52. The van der Waals surface area contributed by atoms with Crippen LogP contribution in [0.5, 0.6) is 5.75 Å². The highest BCUT2D eigenvalue weighted by atomic mass is 32.1. The molecule has 32 heavy (non-hydrogen) atoms. The molecule has 0 bridgehead atoms. The lowest BCUT2D eigenvalue weighted by atomic mass is 9.95. The molecule has 10 heteroatoms. The number of alkyl halides is 2. The number of para-hydroxylation sites is 1. The van der Waals surface area contributed by atoms with Crippen molar-refractivity contribution in [2.45, 2.75) is 19.5 Å². The predicted molar refractivity (Wildman–Crippen MR) is 115 cm³/mol. The maximum atomic E-state index is 13.2. The number of nitrogens with zero attached hydrogens (tertiary/aromatic N) is 2. The van der Waals surface area contributed by atoms with Gasteiger partial charge in [-0.1, -0.05) is 42.5 Å². The van der Waals surface area contributed by atoms with Crippen LogP contribution in [-0.2, 0) is 20.8 Å². The zero-order chi connectivity index (χ0) is 23.1. The number of hydrogen-bond acceptors (Lipinski definition) is 6. The number of carbonyl (C=O) groups is 2. The summed E-state index contributed by atoms with van der Waals surface area (Å²) in [6.07, 6.45) is -0.188. The Hall–Kier alpha value is -3.37. The van der Waals surface area contributed by atoms with Crippen molar-refractivity contribution in [1.82, 2.24) is 4.98 Å². The molecule has 0 fully saturated rings.